The number of ether oxygens (including phenoxy) is 1. The van der Waals surface area contributed by atoms with E-state index in [1.165, 1.54) is 56.7 Å². The van der Waals surface area contributed by atoms with Crippen molar-refractivity contribution in [1.29, 1.82) is 0 Å². The van der Waals surface area contributed by atoms with Crippen LogP contribution in [0.4, 0.5) is 20.0 Å². The fourth-order valence-corrected chi connectivity index (χ4v) is 25.2. The Balaban J connectivity index is 0.000000135. The lowest BCUT2D eigenvalue weighted by molar-refractivity contribution is -0.116. The smallest absolute Gasteiger partial charge is 0.226 e. The second-order valence-corrected chi connectivity index (χ2v) is 41.9. The van der Waals surface area contributed by atoms with Gasteiger partial charge in [-0.25, -0.2) is 19.9 Å². The van der Waals surface area contributed by atoms with Crippen molar-refractivity contribution >= 4 is 191 Å². The largest absolute Gasteiger partial charge is 0.497 e. The second kappa shape index (κ2) is 44.4. The number of halogens is 1. The lowest BCUT2D eigenvalue weighted by Gasteiger charge is -2.30. The van der Waals surface area contributed by atoms with E-state index in [4.69, 9.17) is 24.7 Å². The van der Waals surface area contributed by atoms with Crippen LogP contribution in [-0.4, -0.2) is 153 Å². The molecular weight excluding hydrogens is 1790 g/mol. The van der Waals surface area contributed by atoms with Gasteiger partial charge in [-0.2, -0.15) is 5.10 Å². The number of rotatable bonds is 32. The number of fused-ring (bicyclic) bond motifs is 8. The summed E-state index contributed by atoms with van der Waals surface area (Å²) >= 11 is 17.2. The first-order chi connectivity index (χ1) is 60.5. The number of hydrogen-bond donors (Lipinski definition) is 10. The fourth-order valence-electron chi connectivity index (χ4n) is 15.4. The van der Waals surface area contributed by atoms with Gasteiger partial charge in [-0.15, -0.1) is 90.7 Å². The molecule has 0 radical (unpaired) electrons. The molecule has 10 N–H and O–H groups in total. The number of hydrogen-bond acceptors (Lipinski definition) is 26. The Morgan fingerprint density at radius 3 is 1.34 bits per heavy atom. The van der Waals surface area contributed by atoms with Gasteiger partial charge < -0.3 is 57.9 Å². The number of amides is 4. The third-order valence-corrected chi connectivity index (χ3v) is 31.8. The van der Waals surface area contributed by atoms with Crippen LogP contribution in [0.15, 0.2) is 114 Å². The van der Waals surface area contributed by atoms with Crippen LogP contribution >= 0.6 is 107 Å². The molecule has 0 fully saturated rings. The van der Waals surface area contributed by atoms with Crippen LogP contribution in [0.25, 0.3) is 83.2 Å². The lowest BCUT2D eigenvalue weighted by atomic mass is 10.0. The molecule has 0 bridgehead atoms. The number of aryl methyl sites for hydroxylation is 2. The Kier molecular flexibility index (Phi) is 33.1. The standard InChI is InChI=1S/C25H34N4OS2.C24H31BrN4OS2.C22H24N6OS2.C22H26N4O2S2/c1-6-17(5)26-11-9-22(30)28-25-23(18-10-12-29(15(2)3)14-21(18)32-25)24-27-19-13-16(4)7-8-20(19)31-24;1-5-15(4)26-10-8-21(30)28-24-22(17-9-11-29(14(2)3)13-20(17)32-24)23-27-18-12-16(25)6-7-19(18)31-23;1-28-13-14(11-25-28)10-23-9-7-19(29)27-22-20(15-6-8-24-12-18(15)31-22)21-26-16-4-2-3-5-17(16)30-21;1-3-28-14(2)12-23-11-9-19(27)26-22-20(15-8-10-24-13-18(15)30-22)21-25-16-6-4-5-7-17(16)29-21/h7-8,13,15,17,26H,6,9-12,14H2,1-5H3,(H,28,30);6-7,12,14-15,26H,5,8-11,13H2,1-4H3,(H,28,30);2-5,11,13,23-24H,6-10,12H2,1H3,(H,27,29);4-7,23-24H,2-3,8-13H2,1H3,(H,26,27). The molecule has 0 saturated carbocycles. The van der Waals surface area contributed by atoms with E-state index in [0.717, 1.165) is 195 Å². The average molecular weight is 1900 g/mol. The minimum Gasteiger partial charge on any atom is -0.497 e. The van der Waals surface area contributed by atoms with Crippen LogP contribution in [0.2, 0.25) is 0 Å². The molecule has 4 aromatic carbocycles. The summed E-state index contributed by atoms with van der Waals surface area (Å²) in [6.07, 6.45) is 11.6. The Bertz CT molecular complexity index is 5660. The molecule has 13 heterocycles. The topological polar surface area (TPSA) is 274 Å². The summed E-state index contributed by atoms with van der Waals surface area (Å²) in [5, 5.41) is 44.9. The van der Waals surface area contributed by atoms with Crippen molar-refractivity contribution in [3.8, 4) is 42.3 Å². The maximum absolute atomic E-state index is 12.8. The highest BCUT2D eigenvalue weighted by Crippen LogP contribution is 2.50. The Hall–Kier alpha value is -7.97. The molecule has 0 aliphatic carbocycles. The number of aromatic nitrogens is 6. The number of benzene rings is 4. The molecule has 662 valence electrons. The van der Waals surface area contributed by atoms with E-state index in [0.29, 0.717) is 101 Å². The van der Waals surface area contributed by atoms with Gasteiger partial charge in [0.25, 0.3) is 0 Å². The first-order valence-corrected chi connectivity index (χ1v) is 50.8. The van der Waals surface area contributed by atoms with Crippen molar-refractivity contribution in [2.45, 2.75) is 190 Å². The van der Waals surface area contributed by atoms with Crippen molar-refractivity contribution < 1.29 is 23.9 Å². The zero-order valence-corrected chi connectivity index (χ0v) is 81.3. The highest BCUT2D eigenvalue weighted by Gasteiger charge is 2.33. The summed E-state index contributed by atoms with van der Waals surface area (Å²) in [6.45, 7) is 37.5. The fraction of sp³-hybridized carbons (Fsp3) is 0.430. The van der Waals surface area contributed by atoms with Gasteiger partial charge in [0.1, 0.15) is 45.8 Å². The van der Waals surface area contributed by atoms with E-state index in [-0.39, 0.29) is 23.6 Å². The van der Waals surface area contributed by atoms with Gasteiger partial charge in [0, 0.05) is 187 Å². The van der Waals surface area contributed by atoms with E-state index in [1.54, 1.807) is 95.4 Å². The molecule has 0 spiro atoms. The van der Waals surface area contributed by atoms with Gasteiger partial charge in [-0.1, -0.05) is 66.7 Å². The molecule has 13 aromatic rings. The predicted molar refractivity (Wildman–Crippen MR) is 531 cm³/mol. The molecule has 2 unspecified atom stereocenters. The van der Waals surface area contributed by atoms with Gasteiger partial charge in [0.15, 0.2) is 0 Å². The van der Waals surface area contributed by atoms with Gasteiger partial charge in [0.05, 0.1) is 60.2 Å². The molecule has 9 aromatic heterocycles. The van der Waals surface area contributed by atoms with Crippen molar-refractivity contribution in [2.24, 2.45) is 7.05 Å². The van der Waals surface area contributed by atoms with E-state index < -0.39 is 0 Å². The molecule has 17 rings (SSSR count). The van der Waals surface area contributed by atoms with Gasteiger partial charge >= 0.3 is 0 Å². The van der Waals surface area contributed by atoms with Crippen LogP contribution in [0.3, 0.4) is 0 Å². The zero-order chi connectivity index (χ0) is 87.8. The van der Waals surface area contributed by atoms with Crippen molar-refractivity contribution in [3.05, 3.63) is 167 Å². The number of carbonyl (C=O) groups excluding carboxylic acids is 4. The molecule has 4 aliphatic rings. The zero-order valence-electron chi connectivity index (χ0n) is 73.2. The number of thiazole rings is 4. The summed E-state index contributed by atoms with van der Waals surface area (Å²) in [5.74, 6) is 0.837. The van der Waals surface area contributed by atoms with Crippen molar-refractivity contribution in [3.63, 3.8) is 0 Å². The number of nitrogens with one attached hydrogen (secondary N) is 10. The van der Waals surface area contributed by atoms with Crippen LogP contribution in [0.5, 0.6) is 0 Å². The number of anilines is 4. The van der Waals surface area contributed by atoms with E-state index in [9.17, 15) is 19.2 Å². The normalized spacial score (nSPS) is 14.4. The van der Waals surface area contributed by atoms with Crippen molar-refractivity contribution in [1.82, 2.24) is 71.4 Å². The monoisotopic (exact) mass is 1900 g/mol. The SMILES string of the molecule is C=C(CNCCC(=O)Nc1sc2c(c1-c1nc3ccccc3s1)CCNC2)OCC.CCC(C)NCCC(=O)Nc1sc2c(c1-c1nc3cc(Br)ccc3s1)CCN(C(C)C)C2.CCC(C)NCCC(=O)Nc1sc2c(c1-c1nc3cc(C)ccc3s1)CCN(C(C)C)C2.Cn1cc(CNCCC(=O)Nc2sc3c(c2-c2nc4ccccc4s2)CCNC3)cn1. The van der Waals surface area contributed by atoms with Crippen LogP contribution in [0, 0.1) is 6.92 Å². The summed E-state index contributed by atoms with van der Waals surface area (Å²) in [7, 11) is 1.90. The number of para-hydroxylation sites is 2. The highest BCUT2D eigenvalue weighted by molar-refractivity contribution is 9.10. The molecule has 125 heavy (non-hydrogen) atoms. The van der Waals surface area contributed by atoms with Crippen molar-refractivity contribution in [2.75, 3.05) is 86.8 Å². The maximum Gasteiger partial charge on any atom is 0.226 e. The number of nitrogens with zero attached hydrogens (tertiary/aromatic N) is 8. The Labute approximate surface area is 773 Å². The number of carbonyl (C=O) groups is 4. The highest BCUT2D eigenvalue weighted by atomic mass is 79.9. The predicted octanol–water partition coefficient (Wildman–Crippen LogP) is 19.7. The average Bonchev–Trinajstić information content (AvgIpc) is 1.63. The summed E-state index contributed by atoms with van der Waals surface area (Å²) in [6, 6.07) is 30.9. The molecular formula is C93H115BrN18O5S8. The van der Waals surface area contributed by atoms with Crippen LogP contribution in [0.1, 0.15) is 154 Å². The van der Waals surface area contributed by atoms with E-state index >= 15 is 0 Å². The third kappa shape index (κ3) is 24.1. The van der Waals surface area contributed by atoms with E-state index in [1.807, 2.05) is 62.8 Å². The van der Waals surface area contributed by atoms with Gasteiger partial charge in [-0.05, 0) is 189 Å². The minimum absolute atomic E-state index is 0.00145. The minimum atomic E-state index is -0.00145. The molecule has 0 saturated heterocycles. The molecule has 2 atom stereocenters. The van der Waals surface area contributed by atoms with Gasteiger partial charge in [-0.3, -0.25) is 33.7 Å². The van der Waals surface area contributed by atoms with Gasteiger partial charge in [0.2, 0.25) is 23.6 Å². The van der Waals surface area contributed by atoms with Crippen LogP contribution < -0.4 is 53.2 Å². The summed E-state index contributed by atoms with van der Waals surface area (Å²) in [5.41, 5.74) is 16.2. The molecule has 23 nitrogen and oxygen atoms in total. The first kappa shape index (κ1) is 93.2. The Morgan fingerprint density at radius 2 is 0.912 bits per heavy atom. The summed E-state index contributed by atoms with van der Waals surface area (Å²) in [4.78, 5) is 80.9. The second-order valence-electron chi connectivity index (χ2n) is 32.5. The maximum atomic E-state index is 12.8. The number of thiophene rings is 4. The third-order valence-electron chi connectivity index (χ3n) is 22.6. The lowest BCUT2D eigenvalue weighted by Crippen LogP contribution is -2.35. The quantitative estimate of drug-likeness (QED) is 0.0139. The molecule has 32 heteroatoms. The molecule has 4 amide bonds. The Morgan fingerprint density at radius 1 is 0.504 bits per heavy atom. The molecule has 4 aliphatic heterocycles. The first-order valence-electron chi connectivity index (χ1n) is 43.5. The van der Waals surface area contributed by atoms with E-state index in [2.05, 4.69) is 201 Å². The van der Waals surface area contributed by atoms with Crippen LogP contribution in [-0.2, 0) is 89.4 Å². The summed E-state index contributed by atoms with van der Waals surface area (Å²) < 4.78 is 12.8.